The number of nitrogens with zero attached hydrogens (tertiary/aromatic N) is 1. The van der Waals surface area contributed by atoms with Crippen LogP contribution in [0, 0.1) is 0 Å². The smallest absolute Gasteiger partial charge is 0.162 e. The number of hydrogen-bond donors (Lipinski definition) is 1. The molecule has 0 aromatic heterocycles. The van der Waals surface area contributed by atoms with Gasteiger partial charge in [0.2, 0.25) is 0 Å². The molecule has 0 heterocycles. The van der Waals surface area contributed by atoms with E-state index in [1.54, 1.807) is 13.3 Å². The van der Waals surface area contributed by atoms with E-state index in [-0.39, 0.29) is 0 Å². The Morgan fingerprint density at radius 2 is 2.06 bits per heavy atom. The van der Waals surface area contributed by atoms with Crippen LogP contribution in [0.2, 0.25) is 0 Å². The first-order chi connectivity index (χ1) is 8.33. The molecule has 0 radical (unpaired) electrons. The largest absolute Gasteiger partial charge is 0.493 e. The van der Waals surface area contributed by atoms with Crippen molar-refractivity contribution in [2.45, 2.75) is 31.8 Å². The number of nitrogens with two attached hydrogens (primary N) is 1. The highest BCUT2D eigenvalue weighted by Crippen LogP contribution is 2.32. The highest BCUT2D eigenvalue weighted by atomic mass is 16.5. The van der Waals surface area contributed by atoms with Gasteiger partial charge in [0.1, 0.15) is 0 Å². The Morgan fingerprint density at radius 3 is 2.71 bits per heavy atom. The van der Waals surface area contributed by atoms with Crippen LogP contribution in [-0.4, -0.2) is 19.4 Å². The Bertz CT molecular complexity index is 398. The Hall–Kier alpha value is -1.71. The van der Waals surface area contributed by atoms with Gasteiger partial charge in [-0.25, -0.2) is 0 Å². The van der Waals surface area contributed by atoms with Crippen molar-refractivity contribution < 1.29 is 9.47 Å². The molecule has 1 aliphatic rings. The van der Waals surface area contributed by atoms with Crippen LogP contribution in [0.1, 0.15) is 31.2 Å². The summed E-state index contributed by atoms with van der Waals surface area (Å²) >= 11 is 0. The van der Waals surface area contributed by atoms with E-state index in [0.29, 0.717) is 6.10 Å². The maximum Gasteiger partial charge on any atom is 0.162 e. The molecule has 0 amide bonds. The van der Waals surface area contributed by atoms with Crippen molar-refractivity contribution in [3.63, 3.8) is 0 Å². The highest BCUT2D eigenvalue weighted by Gasteiger charge is 2.18. The monoisotopic (exact) mass is 234 g/mol. The predicted molar refractivity (Wildman–Crippen MR) is 67.7 cm³/mol. The molecule has 1 aliphatic carbocycles. The Kier molecular flexibility index (Phi) is 3.85. The van der Waals surface area contributed by atoms with E-state index in [9.17, 15) is 0 Å². The van der Waals surface area contributed by atoms with Crippen LogP contribution in [0.4, 0.5) is 0 Å². The van der Waals surface area contributed by atoms with Crippen molar-refractivity contribution in [1.82, 2.24) is 0 Å². The van der Waals surface area contributed by atoms with Crippen molar-refractivity contribution >= 4 is 6.21 Å². The molecule has 1 aromatic rings. The molecular weight excluding hydrogens is 216 g/mol. The quantitative estimate of drug-likeness (QED) is 0.494. The fourth-order valence-electron chi connectivity index (χ4n) is 2.14. The standard InChI is InChI=1S/C13H18N2O2/c1-16-12-7-6-10(9-15-14)8-13(12)17-11-4-2-3-5-11/h6-9,11H,2-5,14H2,1H3/b15-9+. The van der Waals surface area contributed by atoms with Crippen LogP contribution in [0.25, 0.3) is 0 Å². The molecule has 1 fully saturated rings. The third-order valence-electron chi connectivity index (χ3n) is 3.01. The molecule has 0 saturated heterocycles. The molecule has 0 bridgehead atoms. The van der Waals surface area contributed by atoms with Crippen molar-refractivity contribution in [2.24, 2.45) is 10.9 Å². The lowest BCUT2D eigenvalue weighted by molar-refractivity contribution is 0.201. The minimum absolute atomic E-state index is 0.314. The zero-order valence-electron chi connectivity index (χ0n) is 10.1. The first kappa shape index (κ1) is 11.8. The summed E-state index contributed by atoms with van der Waals surface area (Å²) in [5.74, 6) is 6.67. The molecule has 2 N–H and O–H groups in total. The Labute approximate surface area is 101 Å². The predicted octanol–water partition coefficient (Wildman–Crippen LogP) is 2.31. The average molecular weight is 234 g/mol. The first-order valence-corrected chi connectivity index (χ1v) is 5.91. The molecule has 4 heteroatoms. The van der Waals surface area contributed by atoms with Gasteiger partial charge in [-0.15, -0.1) is 0 Å². The van der Waals surface area contributed by atoms with Gasteiger partial charge >= 0.3 is 0 Å². The van der Waals surface area contributed by atoms with Crippen molar-refractivity contribution in [2.75, 3.05) is 7.11 Å². The van der Waals surface area contributed by atoms with Crippen LogP contribution in [0.15, 0.2) is 23.3 Å². The Balaban J connectivity index is 2.18. The topological polar surface area (TPSA) is 56.8 Å². The fourth-order valence-corrected chi connectivity index (χ4v) is 2.14. The van der Waals surface area contributed by atoms with Crippen LogP contribution in [0.3, 0.4) is 0 Å². The zero-order chi connectivity index (χ0) is 12.1. The van der Waals surface area contributed by atoms with Crippen LogP contribution in [-0.2, 0) is 0 Å². The number of ether oxygens (including phenoxy) is 2. The van der Waals surface area contributed by atoms with E-state index in [1.165, 1.54) is 12.8 Å². The summed E-state index contributed by atoms with van der Waals surface area (Å²) in [7, 11) is 1.65. The van der Waals surface area contributed by atoms with Gasteiger partial charge in [0.15, 0.2) is 11.5 Å². The maximum atomic E-state index is 5.96. The van der Waals surface area contributed by atoms with E-state index in [4.69, 9.17) is 15.3 Å². The van der Waals surface area contributed by atoms with Gasteiger partial charge in [-0.1, -0.05) is 0 Å². The van der Waals surface area contributed by atoms with Crippen LogP contribution < -0.4 is 15.3 Å². The summed E-state index contributed by atoms with van der Waals surface area (Å²) in [6.45, 7) is 0. The van der Waals surface area contributed by atoms with Gasteiger partial charge in [-0.05, 0) is 49.4 Å². The number of hydrazone groups is 1. The molecule has 0 spiro atoms. The summed E-state index contributed by atoms with van der Waals surface area (Å²) < 4.78 is 11.2. The number of benzene rings is 1. The minimum atomic E-state index is 0.314. The normalized spacial score (nSPS) is 16.5. The minimum Gasteiger partial charge on any atom is -0.493 e. The van der Waals surface area contributed by atoms with E-state index >= 15 is 0 Å². The van der Waals surface area contributed by atoms with Crippen molar-refractivity contribution in [3.05, 3.63) is 23.8 Å². The first-order valence-electron chi connectivity index (χ1n) is 5.91. The molecule has 1 saturated carbocycles. The van der Waals surface area contributed by atoms with Gasteiger partial charge in [0.05, 0.1) is 19.4 Å². The number of rotatable bonds is 4. The molecule has 4 nitrogen and oxygen atoms in total. The lowest BCUT2D eigenvalue weighted by atomic mass is 10.2. The lowest BCUT2D eigenvalue weighted by Gasteiger charge is -2.16. The Morgan fingerprint density at radius 1 is 1.29 bits per heavy atom. The molecule has 1 aromatic carbocycles. The van der Waals surface area contributed by atoms with Gasteiger partial charge < -0.3 is 15.3 Å². The average Bonchev–Trinajstić information content (AvgIpc) is 2.83. The van der Waals surface area contributed by atoms with Crippen LogP contribution in [0.5, 0.6) is 11.5 Å². The van der Waals surface area contributed by atoms with Crippen molar-refractivity contribution in [1.29, 1.82) is 0 Å². The van der Waals surface area contributed by atoms with Crippen molar-refractivity contribution in [3.8, 4) is 11.5 Å². The second-order valence-corrected chi connectivity index (χ2v) is 4.21. The summed E-state index contributed by atoms with van der Waals surface area (Å²) in [6.07, 6.45) is 6.65. The molecule has 0 aliphatic heterocycles. The van der Waals surface area contributed by atoms with E-state index in [2.05, 4.69) is 5.10 Å². The van der Waals surface area contributed by atoms with E-state index in [1.807, 2.05) is 18.2 Å². The van der Waals surface area contributed by atoms with E-state index < -0.39 is 0 Å². The van der Waals surface area contributed by atoms with Gasteiger partial charge in [0.25, 0.3) is 0 Å². The summed E-state index contributed by atoms with van der Waals surface area (Å²) in [5.41, 5.74) is 0.918. The number of methoxy groups -OCH3 is 1. The second kappa shape index (κ2) is 5.57. The molecule has 0 atom stereocenters. The van der Waals surface area contributed by atoms with Crippen LogP contribution >= 0.6 is 0 Å². The lowest BCUT2D eigenvalue weighted by Crippen LogP contribution is -2.11. The summed E-state index contributed by atoms with van der Waals surface area (Å²) in [6, 6.07) is 5.69. The zero-order valence-corrected chi connectivity index (χ0v) is 10.1. The van der Waals surface area contributed by atoms with Gasteiger partial charge in [-0.2, -0.15) is 5.10 Å². The second-order valence-electron chi connectivity index (χ2n) is 4.21. The van der Waals surface area contributed by atoms with E-state index in [0.717, 1.165) is 29.9 Å². The third-order valence-corrected chi connectivity index (χ3v) is 3.01. The third kappa shape index (κ3) is 2.90. The summed E-state index contributed by atoms with van der Waals surface area (Å²) in [5, 5.41) is 3.51. The fraction of sp³-hybridized carbons (Fsp3) is 0.462. The molecule has 92 valence electrons. The maximum absolute atomic E-state index is 5.96. The molecule has 17 heavy (non-hydrogen) atoms. The summed E-state index contributed by atoms with van der Waals surface area (Å²) in [4.78, 5) is 0. The molecule has 2 rings (SSSR count). The highest BCUT2D eigenvalue weighted by molar-refractivity contribution is 5.80. The van der Waals surface area contributed by atoms with Gasteiger partial charge in [0, 0.05) is 0 Å². The van der Waals surface area contributed by atoms with Gasteiger partial charge in [-0.3, -0.25) is 0 Å². The SMILES string of the molecule is COc1ccc(/C=N/N)cc1OC1CCCC1. The molecular formula is C13H18N2O2. The number of hydrogen-bond acceptors (Lipinski definition) is 4. The molecule has 0 unspecified atom stereocenters.